The molecule has 13 heteroatoms. The molecule has 2 aromatic heterocycles. The number of aromatic nitrogens is 1. The van der Waals surface area contributed by atoms with Crippen LogP contribution in [0.5, 0.6) is 0 Å². The third-order valence-electron chi connectivity index (χ3n) is 9.54. The number of benzene rings is 2. The molecule has 0 bridgehead atoms. The molecular weight excluding hydrogens is 659 g/mol. The molecule has 262 valence electrons. The van der Waals surface area contributed by atoms with Gasteiger partial charge in [0.1, 0.15) is 17.3 Å². The molecule has 50 heavy (non-hydrogen) atoms. The Morgan fingerprint density at radius 1 is 1.00 bits per heavy atom. The van der Waals surface area contributed by atoms with Gasteiger partial charge < -0.3 is 24.7 Å². The summed E-state index contributed by atoms with van der Waals surface area (Å²) in [5.41, 5.74) is -1.50. The molecule has 0 unspecified atom stereocenters. The fourth-order valence-corrected chi connectivity index (χ4v) is 6.80. The van der Waals surface area contributed by atoms with Gasteiger partial charge in [0, 0.05) is 62.5 Å². The van der Waals surface area contributed by atoms with Crippen molar-refractivity contribution in [2.24, 2.45) is 0 Å². The Balaban J connectivity index is 1.22. The van der Waals surface area contributed by atoms with Crippen molar-refractivity contribution in [3.8, 4) is 11.1 Å². The van der Waals surface area contributed by atoms with E-state index in [1.54, 1.807) is 20.2 Å². The number of nitrogens with one attached hydrogen (secondary N) is 1. The summed E-state index contributed by atoms with van der Waals surface area (Å²) in [6.45, 7) is 0.810. The highest BCUT2D eigenvalue weighted by Crippen LogP contribution is 2.41. The second-order valence-electron chi connectivity index (χ2n) is 12.7. The van der Waals surface area contributed by atoms with Crippen LogP contribution >= 0.6 is 0 Å². The molecule has 2 amide bonds. The molecule has 0 atom stereocenters. The number of amides is 2. The van der Waals surface area contributed by atoms with Crippen LogP contribution in [-0.4, -0.2) is 66.3 Å². The lowest BCUT2D eigenvalue weighted by Gasteiger charge is -2.27. The molecule has 1 saturated carbocycles. The number of nitrogens with two attached hydrogens (primary N) is 1. The predicted molar refractivity (Wildman–Crippen MR) is 176 cm³/mol. The van der Waals surface area contributed by atoms with Crippen molar-refractivity contribution in [3.05, 3.63) is 106 Å². The Hall–Kier alpha value is -4.88. The lowest BCUT2D eigenvalue weighted by atomic mass is 9.90. The zero-order valence-electron chi connectivity index (χ0n) is 27.4. The number of methoxy groups -OCH3 is 1. The minimum atomic E-state index is -4.74. The number of ether oxygens (including phenoxy) is 1. The van der Waals surface area contributed by atoms with E-state index in [2.05, 4.69) is 10.6 Å². The zero-order chi connectivity index (χ0) is 35.7. The van der Waals surface area contributed by atoms with Crippen LogP contribution in [0.2, 0.25) is 0 Å². The van der Waals surface area contributed by atoms with Crippen LogP contribution in [0.25, 0.3) is 16.6 Å². The minimum absolute atomic E-state index is 0.0605. The molecular formula is C37H36F5N4O4+. The van der Waals surface area contributed by atoms with Crippen LogP contribution < -0.4 is 10.6 Å². The van der Waals surface area contributed by atoms with Crippen molar-refractivity contribution in [1.82, 2.24) is 9.30 Å². The van der Waals surface area contributed by atoms with E-state index < -0.39 is 46.7 Å². The highest BCUT2D eigenvalue weighted by molar-refractivity contribution is 6.09. The quantitative estimate of drug-likeness (QED) is 0.132. The summed E-state index contributed by atoms with van der Waals surface area (Å²) < 4.78 is 79.9. The van der Waals surface area contributed by atoms with E-state index in [1.807, 2.05) is 0 Å². The number of rotatable bonds is 9. The second kappa shape index (κ2) is 14.2. The van der Waals surface area contributed by atoms with Crippen LogP contribution in [0, 0.1) is 11.6 Å². The third kappa shape index (κ3) is 7.06. The van der Waals surface area contributed by atoms with Gasteiger partial charge in [-0.3, -0.25) is 14.4 Å². The van der Waals surface area contributed by atoms with E-state index in [0.717, 1.165) is 43.9 Å². The number of pyridine rings is 1. The standard InChI is InChI=1S/C37H35F5N4O4/c1-45-16-13-21-17-28(37(40,41)42)27(20-26(21)36(45)49)25-5-4-15-46-31(25)11-12-32(46)35(48)22-18-29(38)34(30(39)19-22)44-33(47)6-3-14-43-23-7-9-24(50-2)10-8-23/h3-6,11-12,15,17-20,23-24,43H,7-10,13-14,16H2,1-2H3,(H,44,47)/p+1/b6-3+. The summed E-state index contributed by atoms with van der Waals surface area (Å²) in [5, 5.41) is 4.29. The molecule has 3 N–H and O–H groups in total. The molecule has 2 aromatic carbocycles. The highest BCUT2D eigenvalue weighted by Gasteiger charge is 2.37. The molecule has 1 fully saturated rings. The second-order valence-corrected chi connectivity index (χ2v) is 12.7. The Bertz CT molecular complexity index is 1970. The number of quaternary nitrogens is 1. The van der Waals surface area contributed by atoms with Crippen molar-refractivity contribution in [2.75, 3.05) is 32.6 Å². The smallest absolute Gasteiger partial charge is 0.381 e. The normalized spacial score (nSPS) is 18.1. The number of ketones is 1. The van der Waals surface area contributed by atoms with Gasteiger partial charge in [0.15, 0.2) is 0 Å². The van der Waals surface area contributed by atoms with Gasteiger partial charge in [-0.15, -0.1) is 0 Å². The van der Waals surface area contributed by atoms with Gasteiger partial charge in [-0.05, 0) is 78.9 Å². The lowest BCUT2D eigenvalue weighted by Crippen LogP contribution is -2.90. The van der Waals surface area contributed by atoms with Crippen LogP contribution in [0.15, 0.2) is 66.9 Å². The average molecular weight is 696 g/mol. The fourth-order valence-electron chi connectivity index (χ4n) is 6.80. The zero-order valence-corrected chi connectivity index (χ0v) is 27.4. The van der Waals surface area contributed by atoms with Crippen LogP contribution in [0.4, 0.5) is 27.6 Å². The minimum Gasteiger partial charge on any atom is -0.381 e. The van der Waals surface area contributed by atoms with Gasteiger partial charge >= 0.3 is 6.18 Å². The summed E-state index contributed by atoms with van der Waals surface area (Å²) in [5.74, 6) is -4.27. The van der Waals surface area contributed by atoms with Crippen molar-refractivity contribution in [1.29, 1.82) is 0 Å². The van der Waals surface area contributed by atoms with Crippen LogP contribution in [0.1, 0.15) is 63.2 Å². The maximum atomic E-state index is 15.1. The number of anilines is 1. The Kier molecular flexibility index (Phi) is 9.90. The van der Waals surface area contributed by atoms with Gasteiger partial charge in [0.2, 0.25) is 11.7 Å². The van der Waals surface area contributed by atoms with Crippen molar-refractivity contribution in [2.45, 2.75) is 50.4 Å². The topological polar surface area (TPSA) is 96.7 Å². The van der Waals surface area contributed by atoms with E-state index in [4.69, 9.17) is 4.74 Å². The molecule has 6 rings (SSSR count). The number of carbonyl (C=O) groups is 3. The molecule has 3 heterocycles. The Morgan fingerprint density at radius 2 is 1.72 bits per heavy atom. The summed E-state index contributed by atoms with van der Waals surface area (Å²) >= 11 is 0. The molecule has 1 aliphatic carbocycles. The highest BCUT2D eigenvalue weighted by atomic mass is 19.4. The maximum Gasteiger partial charge on any atom is 0.417 e. The number of nitrogens with zero attached hydrogens (tertiary/aromatic N) is 2. The van der Waals surface area contributed by atoms with E-state index in [1.165, 1.54) is 51.9 Å². The first-order chi connectivity index (χ1) is 23.8. The van der Waals surface area contributed by atoms with Gasteiger partial charge in [0.25, 0.3) is 5.91 Å². The number of fused-ring (bicyclic) bond motifs is 2. The summed E-state index contributed by atoms with van der Waals surface area (Å²) in [6, 6.07) is 9.93. The molecule has 2 aliphatic rings. The third-order valence-corrected chi connectivity index (χ3v) is 9.54. The predicted octanol–water partition coefficient (Wildman–Crippen LogP) is 5.78. The number of alkyl halides is 3. The SMILES string of the molecule is COC1CCC([NH2+]C/C=C/C(=O)Nc2c(F)cc(C(=O)c3ccc4c(-c5cc6c(cc5C(F)(F)F)CCN(C)C6=O)cccn34)cc2F)CC1. The monoisotopic (exact) mass is 695 g/mol. The first-order valence-electron chi connectivity index (χ1n) is 16.3. The molecule has 1 aliphatic heterocycles. The van der Waals surface area contributed by atoms with E-state index in [0.29, 0.717) is 24.7 Å². The van der Waals surface area contributed by atoms with Crippen molar-refractivity contribution < 1.29 is 46.4 Å². The molecule has 0 saturated heterocycles. The first-order valence-corrected chi connectivity index (χ1v) is 16.3. The Morgan fingerprint density at radius 3 is 2.40 bits per heavy atom. The average Bonchev–Trinajstić information content (AvgIpc) is 3.53. The lowest BCUT2D eigenvalue weighted by molar-refractivity contribution is -0.684. The van der Waals surface area contributed by atoms with Crippen LogP contribution in [-0.2, 0) is 22.1 Å². The summed E-state index contributed by atoms with van der Waals surface area (Å²) in [6.07, 6.45) is 4.00. The summed E-state index contributed by atoms with van der Waals surface area (Å²) in [7, 11) is 3.28. The van der Waals surface area contributed by atoms with E-state index in [-0.39, 0.29) is 46.0 Å². The van der Waals surface area contributed by atoms with E-state index in [9.17, 15) is 27.6 Å². The van der Waals surface area contributed by atoms with E-state index >= 15 is 8.78 Å². The largest absolute Gasteiger partial charge is 0.417 e. The van der Waals surface area contributed by atoms with Crippen LogP contribution in [0.3, 0.4) is 0 Å². The number of hydrogen-bond acceptors (Lipinski definition) is 4. The van der Waals surface area contributed by atoms with Gasteiger partial charge in [-0.2, -0.15) is 13.2 Å². The van der Waals surface area contributed by atoms with Crippen molar-refractivity contribution in [3.63, 3.8) is 0 Å². The number of hydrogen-bond donors (Lipinski definition) is 2. The molecule has 0 radical (unpaired) electrons. The fraction of sp³-hybridized carbons (Fsp3) is 0.324. The maximum absolute atomic E-state index is 15.1. The number of likely N-dealkylation sites (N-methyl/N-ethyl adjacent to an activating group) is 1. The van der Waals surface area contributed by atoms with Gasteiger partial charge in [-0.1, -0.05) is 6.07 Å². The molecule has 4 aromatic rings. The summed E-state index contributed by atoms with van der Waals surface area (Å²) in [4.78, 5) is 40.3. The first kappa shape index (κ1) is 35.0. The van der Waals surface area contributed by atoms with Crippen molar-refractivity contribution >= 4 is 28.8 Å². The Labute approximate surface area is 284 Å². The molecule has 0 spiro atoms. The number of halogens is 5. The van der Waals surface area contributed by atoms with Gasteiger partial charge in [0.05, 0.1) is 35.5 Å². The number of carbonyl (C=O) groups excluding carboxylic acids is 3. The van der Waals surface area contributed by atoms with Gasteiger partial charge in [-0.25, -0.2) is 8.78 Å². The molecule has 8 nitrogen and oxygen atoms in total.